The molecular weight excluding hydrogens is 641 g/mol. The third kappa shape index (κ3) is 9.18. The number of nitro benzene ring substituents is 1. The van der Waals surface area contributed by atoms with Crippen molar-refractivity contribution in [2.75, 3.05) is 6.54 Å². The van der Waals surface area contributed by atoms with Crippen molar-refractivity contribution in [3.63, 3.8) is 0 Å². The lowest BCUT2D eigenvalue weighted by Crippen LogP contribution is -2.57. The van der Waals surface area contributed by atoms with Gasteiger partial charge in [-0.25, -0.2) is 9.59 Å². The zero-order valence-electron chi connectivity index (χ0n) is 26.9. The van der Waals surface area contributed by atoms with Crippen LogP contribution in [0.2, 0.25) is 28.2 Å². The summed E-state index contributed by atoms with van der Waals surface area (Å²) in [5, 5.41) is 13.7. The van der Waals surface area contributed by atoms with Crippen LogP contribution in [0.3, 0.4) is 0 Å². The van der Waals surface area contributed by atoms with E-state index in [0.717, 1.165) is 6.07 Å². The molecule has 2 amide bonds. The Bertz CT molecular complexity index is 1440. The summed E-state index contributed by atoms with van der Waals surface area (Å²) in [6.45, 7) is 15.4. The van der Waals surface area contributed by atoms with E-state index in [9.17, 15) is 24.5 Å². The number of benzene rings is 2. The Hall–Kier alpha value is -3.19. The van der Waals surface area contributed by atoms with Crippen LogP contribution >= 0.6 is 23.2 Å². The topological polar surface area (TPSA) is 137 Å². The summed E-state index contributed by atoms with van der Waals surface area (Å²) in [4.78, 5) is 53.0. The van der Waals surface area contributed by atoms with E-state index in [1.54, 1.807) is 51.1 Å². The second kappa shape index (κ2) is 13.7. The molecule has 1 fully saturated rings. The lowest BCUT2D eigenvalue weighted by atomic mass is 10.1. The number of nitro groups is 1. The van der Waals surface area contributed by atoms with Crippen LogP contribution in [-0.2, 0) is 13.9 Å². The number of ether oxygens (including phenoxy) is 2. The van der Waals surface area contributed by atoms with Crippen molar-refractivity contribution in [1.82, 2.24) is 10.2 Å². The Kier molecular flexibility index (Phi) is 11.0. The Morgan fingerprint density at radius 3 is 2.24 bits per heavy atom. The molecule has 2 unspecified atom stereocenters. The van der Waals surface area contributed by atoms with Gasteiger partial charge in [-0.1, -0.05) is 62.2 Å². The molecule has 0 spiro atoms. The van der Waals surface area contributed by atoms with Gasteiger partial charge < -0.3 is 19.2 Å². The quantitative estimate of drug-likeness (QED) is 0.102. The van der Waals surface area contributed by atoms with Gasteiger partial charge in [0.15, 0.2) is 8.32 Å². The summed E-state index contributed by atoms with van der Waals surface area (Å²) >= 11 is 12.4. The first kappa shape index (κ1) is 36.3. The number of nitrogens with one attached hydrogen (secondary N) is 1. The summed E-state index contributed by atoms with van der Waals surface area (Å²) in [5.41, 5.74) is -1.33. The molecule has 2 aromatic carbocycles. The summed E-state index contributed by atoms with van der Waals surface area (Å²) in [6, 6.07) is 10.7. The highest BCUT2D eigenvalue weighted by molar-refractivity contribution is 6.74. The third-order valence-electron chi connectivity index (χ3n) is 7.76. The van der Waals surface area contributed by atoms with Gasteiger partial charge in [0, 0.05) is 29.6 Å². The molecule has 1 N–H and O–H groups in total. The van der Waals surface area contributed by atoms with E-state index in [1.165, 1.54) is 11.0 Å². The molecule has 0 aliphatic carbocycles. The van der Waals surface area contributed by atoms with Crippen LogP contribution in [0.5, 0.6) is 0 Å². The third-order valence-corrected chi connectivity index (χ3v) is 12.9. The smallest absolute Gasteiger partial charge is 0.411 e. The first-order valence-electron chi connectivity index (χ1n) is 14.6. The van der Waals surface area contributed by atoms with Crippen molar-refractivity contribution >= 4 is 55.2 Å². The molecule has 0 aromatic heterocycles. The van der Waals surface area contributed by atoms with Crippen LogP contribution in [0.15, 0.2) is 42.5 Å². The Labute approximate surface area is 274 Å². The Morgan fingerprint density at radius 1 is 1.07 bits per heavy atom. The van der Waals surface area contributed by atoms with E-state index < -0.39 is 59.5 Å². The molecule has 1 aliphatic heterocycles. The first-order valence-corrected chi connectivity index (χ1v) is 18.2. The van der Waals surface area contributed by atoms with E-state index in [-0.39, 0.29) is 35.0 Å². The molecule has 45 heavy (non-hydrogen) atoms. The van der Waals surface area contributed by atoms with Gasteiger partial charge in [0.2, 0.25) is 5.79 Å². The molecule has 0 radical (unpaired) electrons. The van der Waals surface area contributed by atoms with Crippen LogP contribution in [0.4, 0.5) is 10.5 Å². The first-order chi connectivity index (χ1) is 20.6. The summed E-state index contributed by atoms with van der Waals surface area (Å²) in [5.74, 6) is -3.13. The van der Waals surface area contributed by atoms with Crippen molar-refractivity contribution in [2.24, 2.45) is 0 Å². The van der Waals surface area contributed by atoms with E-state index in [2.05, 4.69) is 5.32 Å². The number of rotatable bonds is 7. The molecular formula is C31H41Cl2N3O8Si. The van der Waals surface area contributed by atoms with Crippen molar-refractivity contribution in [1.29, 1.82) is 0 Å². The van der Waals surface area contributed by atoms with Gasteiger partial charge in [-0.15, -0.1) is 0 Å². The number of amides is 2. The second-order valence-corrected chi connectivity index (χ2v) is 19.1. The molecule has 3 rings (SSSR count). The predicted molar refractivity (Wildman–Crippen MR) is 174 cm³/mol. The molecule has 0 saturated carbocycles. The number of halogens is 2. The number of esters is 1. The Balaban J connectivity index is 2.14. The minimum absolute atomic E-state index is 0.0811. The molecule has 246 valence electrons. The minimum atomic E-state index is -2.72. The SMILES string of the molecule is CC(C)(C)OC(=O)N1CCCC(OC(=O)c2cc(Cl)cc([N+](=O)[O-])c2Cl)(O[Si](C)(C)C(C)(C)C)CC1NC(=O)c1ccccc1. The molecule has 1 heterocycles. The number of hydrogen-bond acceptors (Lipinski definition) is 8. The normalized spacial score (nSPS) is 19.3. The molecule has 14 heteroatoms. The van der Waals surface area contributed by atoms with Crippen LogP contribution < -0.4 is 5.32 Å². The Morgan fingerprint density at radius 2 is 1.69 bits per heavy atom. The van der Waals surface area contributed by atoms with Crippen molar-refractivity contribution in [3.05, 3.63) is 73.8 Å². The highest BCUT2D eigenvalue weighted by Gasteiger charge is 2.51. The molecule has 2 aromatic rings. The second-order valence-electron chi connectivity index (χ2n) is 13.5. The fraction of sp³-hybridized carbons (Fsp3) is 0.516. The summed E-state index contributed by atoms with van der Waals surface area (Å²) in [7, 11) is -2.72. The van der Waals surface area contributed by atoms with Gasteiger partial charge in [0.05, 0.1) is 16.9 Å². The number of likely N-dealkylation sites (tertiary alicyclic amines) is 1. The summed E-state index contributed by atoms with van der Waals surface area (Å²) in [6.07, 6.45) is -1.41. The van der Waals surface area contributed by atoms with E-state index in [4.69, 9.17) is 37.1 Å². The van der Waals surface area contributed by atoms with Crippen molar-refractivity contribution in [2.45, 2.75) is 96.5 Å². The van der Waals surface area contributed by atoms with E-state index in [1.807, 2.05) is 33.9 Å². The molecule has 2 atom stereocenters. The van der Waals surface area contributed by atoms with Gasteiger partial charge in [0.1, 0.15) is 16.8 Å². The van der Waals surface area contributed by atoms with Crippen molar-refractivity contribution in [3.8, 4) is 0 Å². The average Bonchev–Trinajstić information content (AvgIpc) is 3.07. The van der Waals surface area contributed by atoms with Crippen LogP contribution in [0.1, 0.15) is 81.5 Å². The highest BCUT2D eigenvalue weighted by Crippen LogP contribution is 2.44. The molecule has 0 bridgehead atoms. The largest absolute Gasteiger partial charge is 0.444 e. The van der Waals surface area contributed by atoms with E-state index >= 15 is 0 Å². The van der Waals surface area contributed by atoms with Gasteiger partial charge in [-0.2, -0.15) is 0 Å². The van der Waals surface area contributed by atoms with Crippen LogP contribution in [0, 0.1) is 10.1 Å². The molecule has 11 nitrogen and oxygen atoms in total. The van der Waals surface area contributed by atoms with Crippen LogP contribution in [-0.4, -0.2) is 60.2 Å². The highest BCUT2D eigenvalue weighted by atomic mass is 35.5. The lowest BCUT2D eigenvalue weighted by molar-refractivity contribution is -0.384. The van der Waals surface area contributed by atoms with Gasteiger partial charge in [-0.05, 0) is 63.5 Å². The fourth-order valence-electron chi connectivity index (χ4n) is 4.58. The fourth-order valence-corrected chi connectivity index (χ4v) is 6.51. The minimum Gasteiger partial charge on any atom is -0.444 e. The van der Waals surface area contributed by atoms with E-state index in [0.29, 0.717) is 12.0 Å². The monoisotopic (exact) mass is 681 g/mol. The zero-order valence-corrected chi connectivity index (χ0v) is 29.4. The predicted octanol–water partition coefficient (Wildman–Crippen LogP) is 7.95. The maximum atomic E-state index is 13.8. The molecule has 1 saturated heterocycles. The maximum absolute atomic E-state index is 13.8. The molecule has 1 aliphatic rings. The standard InChI is InChI=1S/C31H41Cl2N3O8Si/c1-29(2,3)43-28(39)35-16-12-15-31(44-45(7,8)30(4,5)6,19-24(35)34-26(37)20-13-10-9-11-14-20)42-27(38)22-17-21(32)18-23(25(22)33)36(40)41/h9-11,13-14,17-18,24H,12,15-16,19H2,1-8H3,(H,34,37). The number of nitrogens with zero attached hydrogens (tertiary/aromatic N) is 2. The number of carbonyl (C=O) groups excluding carboxylic acids is 3. The zero-order chi connectivity index (χ0) is 34.0. The number of carbonyl (C=O) groups is 3. The van der Waals surface area contributed by atoms with Crippen molar-refractivity contribution < 1.29 is 33.2 Å². The van der Waals surface area contributed by atoms with Crippen LogP contribution in [0.25, 0.3) is 0 Å². The van der Waals surface area contributed by atoms with Gasteiger partial charge >= 0.3 is 12.1 Å². The maximum Gasteiger partial charge on any atom is 0.411 e. The van der Waals surface area contributed by atoms with Gasteiger partial charge in [-0.3, -0.25) is 19.8 Å². The average molecular weight is 683 g/mol. The lowest BCUT2D eigenvalue weighted by Gasteiger charge is -2.45. The van der Waals surface area contributed by atoms with Gasteiger partial charge in [0.25, 0.3) is 11.6 Å². The summed E-state index contributed by atoms with van der Waals surface area (Å²) < 4.78 is 18.7. The number of hydrogen-bond donors (Lipinski definition) is 1.